The van der Waals surface area contributed by atoms with Crippen molar-refractivity contribution in [2.24, 2.45) is 5.92 Å². The molecule has 2 amide bonds. The number of urea groups is 1. The Bertz CT molecular complexity index is 813. The van der Waals surface area contributed by atoms with E-state index in [1.54, 1.807) is 12.2 Å². The maximum absolute atomic E-state index is 11.6. The monoisotopic (exact) mass is 326 g/mol. The second-order valence-electron chi connectivity index (χ2n) is 6.24. The molecule has 0 saturated heterocycles. The van der Waals surface area contributed by atoms with Crippen molar-refractivity contribution in [1.29, 1.82) is 0 Å². The summed E-state index contributed by atoms with van der Waals surface area (Å²) in [4.78, 5) is 19.0. The standard InChI is InChI=1S/C16H19BN4O3/c1-2-18-16(22)21-10-5-9(6-10)12-7-17(23)24-13-8-20-15-11(14(12)13)3-4-19-15/h3-4,7-10,23H,2,5-6H2,1H3,(H,19,20)(H2,18,21,22). The summed E-state index contributed by atoms with van der Waals surface area (Å²) in [6, 6.07) is 2.01. The van der Waals surface area contributed by atoms with Gasteiger partial charge in [0, 0.05) is 29.7 Å². The van der Waals surface area contributed by atoms with Gasteiger partial charge in [-0.15, -0.1) is 0 Å². The highest BCUT2D eigenvalue weighted by molar-refractivity contribution is 6.52. The van der Waals surface area contributed by atoms with Crippen molar-refractivity contribution in [2.45, 2.75) is 25.8 Å². The van der Waals surface area contributed by atoms with Gasteiger partial charge in [0.1, 0.15) is 11.4 Å². The molecule has 124 valence electrons. The number of carbonyl (C=O) groups is 1. The van der Waals surface area contributed by atoms with Gasteiger partial charge in [-0.2, -0.15) is 0 Å². The summed E-state index contributed by atoms with van der Waals surface area (Å²) in [5, 5.41) is 16.7. The molecule has 0 aromatic carbocycles. The second-order valence-corrected chi connectivity index (χ2v) is 6.24. The molecule has 4 rings (SSSR count). The molecule has 1 aliphatic heterocycles. The summed E-state index contributed by atoms with van der Waals surface area (Å²) in [5.74, 6) is 2.66. The first-order valence-electron chi connectivity index (χ1n) is 8.23. The number of nitrogens with zero attached hydrogens (tertiary/aromatic N) is 1. The van der Waals surface area contributed by atoms with Gasteiger partial charge in [-0.3, -0.25) is 0 Å². The second kappa shape index (κ2) is 5.87. The molecule has 7 nitrogen and oxygen atoms in total. The molecule has 1 saturated carbocycles. The number of H-pyrrole nitrogens is 1. The molecule has 2 aromatic rings. The third-order valence-corrected chi connectivity index (χ3v) is 4.66. The molecule has 3 heterocycles. The van der Waals surface area contributed by atoms with Gasteiger partial charge < -0.3 is 25.3 Å². The lowest BCUT2D eigenvalue weighted by Gasteiger charge is -2.39. The largest absolute Gasteiger partial charge is 0.552 e. The predicted octanol–water partition coefficient (Wildman–Crippen LogP) is 1.46. The van der Waals surface area contributed by atoms with Crippen molar-refractivity contribution < 1.29 is 14.5 Å². The van der Waals surface area contributed by atoms with Crippen LogP contribution in [-0.2, 0) is 0 Å². The van der Waals surface area contributed by atoms with Crippen LogP contribution in [0.4, 0.5) is 4.79 Å². The molecule has 24 heavy (non-hydrogen) atoms. The Morgan fingerprint density at radius 1 is 1.54 bits per heavy atom. The Morgan fingerprint density at radius 2 is 2.38 bits per heavy atom. The molecule has 4 N–H and O–H groups in total. The maximum Gasteiger partial charge on any atom is 0.552 e. The van der Waals surface area contributed by atoms with Crippen LogP contribution in [0, 0.1) is 5.92 Å². The fourth-order valence-electron chi connectivity index (χ4n) is 3.50. The Balaban J connectivity index is 1.57. The summed E-state index contributed by atoms with van der Waals surface area (Å²) in [5.41, 5.74) is 2.87. The van der Waals surface area contributed by atoms with E-state index in [0.717, 1.165) is 35.0 Å². The van der Waals surface area contributed by atoms with E-state index >= 15 is 0 Å². The van der Waals surface area contributed by atoms with Gasteiger partial charge in [-0.1, -0.05) is 0 Å². The number of aromatic amines is 1. The van der Waals surface area contributed by atoms with E-state index in [1.807, 2.05) is 19.2 Å². The smallest absolute Gasteiger partial charge is 0.531 e. The minimum Gasteiger partial charge on any atom is -0.531 e. The van der Waals surface area contributed by atoms with E-state index in [1.165, 1.54) is 0 Å². The van der Waals surface area contributed by atoms with Gasteiger partial charge in [0.05, 0.1) is 6.20 Å². The fraction of sp³-hybridized carbons (Fsp3) is 0.375. The van der Waals surface area contributed by atoms with Crippen LogP contribution in [0.3, 0.4) is 0 Å². The summed E-state index contributed by atoms with van der Waals surface area (Å²) in [7, 11) is -0.957. The lowest BCUT2D eigenvalue weighted by atomic mass is 9.68. The van der Waals surface area contributed by atoms with Gasteiger partial charge >= 0.3 is 13.1 Å². The molecule has 0 atom stereocenters. The van der Waals surface area contributed by atoms with E-state index in [-0.39, 0.29) is 18.0 Å². The van der Waals surface area contributed by atoms with Crippen molar-refractivity contribution in [1.82, 2.24) is 20.6 Å². The number of fused-ring (bicyclic) bond motifs is 3. The van der Waals surface area contributed by atoms with Gasteiger partial charge in [-0.05, 0) is 43.3 Å². The zero-order valence-corrected chi connectivity index (χ0v) is 13.4. The Hall–Kier alpha value is -2.48. The van der Waals surface area contributed by atoms with Crippen molar-refractivity contribution >= 4 is 29.8 Å². The molecule has 0 radical (unpaired) electrons. The maximum atomic E-state index is 11.6. The van der Waals surface area contributed by atoms with E-state index < -0.39 is 7.12 Å². The van der Waals surface area contributed by atoms with Crippen LogP contribution in [0.1, 0.15) is 25.3 Å². The van der Waals surface area contributed by atoms with Crippen LogP contribution < -0.4 is 15.3 Å². The normalized spacial score (nSPS) is 22.2. The number of hydrogen-bond donors (Lipinski definition) is 4. The number of rotatable bonds is 3. The number of allylic oxidation sites excluding steroid dienone is 1. The molecule has 1 fully saturated rings. The molecule has 2 aromatic heterocycles. The van der Waals surface area contributed by atoms with E-state index in [0.29, 0.717) is 12.3 Å². The number of nitrogens with one attached hydrogen (secondary N) is 3. The third-order valence-electron chi connectivity index (χ3n) is 4.66. The molecular formula is C16H19BN4O3. The first-order chi connectivity index (χ1) is 11.7. The lowest BCUT2D eigenvalue weighted by Crippen LogP contribution is -2.48. The zero-order chi connectivity index (χ0) is 16.7. The molecule has 1 aliphatic carbocycles. The number of carbonyl (C=O) groups excluding carboxylic acids is 1. The van der Waals surface area contributed by atoms with Crippen LogP contribution in [0.25, 0.3) is 16.6 Å². The molecule has 2 aliphatic rings. The average Bonchev–Trinajstić information content (AvgIpc) is 2.98. The third kappa shape index (κ3) is 2.52. The minimum atomic E-state index is -0.957. The lowest BCUT2D eigenvalue weighted by molar-refractivity contribution is 0.220. The van der Waals surface area contributed by atoms with Crippen LogP contribution in [-0.4, -0.2) is 40.7 Å². The molecular weight excluding hydrogens is 307 g/mol. The Kier molecular flexibility index (Phi) is 3.68. The number of hydrogen-bond acceptors (Lipinski definition) is 4. The summed E-state index contributed by atoms with van der Waals surface area (Å²) in [6.07, 6.45) is 5.20. The van der Waals surface area contributed by atoms with E-state index in [2.05, 4.69) is 20.6 Å². The highest BCUT2D eigenvalue weighted by atomic mass is 16.5. The van der Waals surface area contributed by atoms with Gasteiger partial charge in [0.15, 0.2) is 0 Å². The van der Waals surface area contributed by atoms with Crippen LogP contribution in [0.5, 0.6) is 5.75 Å². The quantitative estimate of drug-likeness (QED) is 0.642. The predicted molar refractivity (Wildman–Crippen MR) is 91.4 cm³/mol. The van der Waals surface area contributed by atoms with Crippen molar-refractivity contribution in [3.8, 4) is 5.75 Å². The summed E-state index contributed by atoms with van der Waals surface area (Å²) in [6.45, 7) is 2.51. The zero-order valence-electron chi connectivity index (χ0n) is 13.4. The number of aromatic nitrogens is 2. The van der Waals surface area contributed by atoms with Crippen LogP contribution in [0.15, 0.2) is 24.4 Å². The Morgan fingerprint density at radius 3 is 3.17 bits per heavy atom. The van der Waals surface area contributed by atoms with Crippen molar-refractivity contribution in [3.05, 3.63) is 30.0 Å². The van der Waals surface area contributed by atoms with Crippen molar-refractivity contribution in [3.63, 3.8) is 0 Å². The molecule has 0 spiro atoms. The molecule has 8 heteroatoms. The highest BCUT2D eigenvalue weighted by Gasteiger charge is 2.38. The van der Waals surface area contributed by atoms with Gasteiger partial charge in [0.2, 0.25) is 0 Å². The van der Waals surface area contributed by atoms with Gasteiger partial charge in [0.25, 0.3) is 0 Å². The van der Waals surface area contributed by atoms with E-state index in [9.17, 15) is 9.82 Å². The average molecular weight is 326 g/mol. The summed E-state index contributed by atoms with van der Waals surface area (Å²) < 4.78 is 5.50. The SMILES string of the molecule is CCNC(=O)NC1CC(C2=CB(O)Oc3cnc4[nH]ccc4c32)C1. The van der Waals surface area contributed by atoms with E-state index in [4.69, 9.17) is 4.65 Å². The first-order valence-corrected chi connectivity index (χ1v) is 8.23. The Labute approximate surface area is 139 Å². The number of pyridine rings is 1. The fourth-order valence-corrected chi connectivity index (χ4v) is 3.50. The highest BCUT2D eigenvalue weighted by Crippen LogP contribution is 2.45. The van der Waals surface area contributed by atoms with Crippen LogP contribution in [0.2, 0.25) is 0 Å². The number of amides is 2. The van der Waals surface area contributed by atoms with Crippen LogP contribution >= 0.6 is 0 Å². The minimum absolute atomic E-state index is 0.125. The van der Waals surface area contributed by atoms with Gasteiger partial charge in [-0.25, -0.2) is 9.78 Å². The molecule has 0 bridgehead atoms. The van der Waals surface area contributed by atoms with Crippen molar-refractivity contribution in [2.75, 3.05) is 6.54 Å². The first kappa shape index (κ1) is 15.1. The summed E-state index contributed by atoms with van der Waals surface area (Å²) >= 11 is 0. The topological polar surface area (TPSA) is 99.3 Å². The molecule has 0 unspecified atom stereocenters.